The summed E-state index contributed by atoms with van der Waals surface area (Å²) in [5, 5.41) is 13.2. The molecule has 178 valence electrons. The minimum absolute atomic E-state index is 0.00501. The Bertz CT molecular complexity index is 1030. The first-order valence-corrected chi connectivity index (χ1v) is 12.2. The fourth-order valence-corrected chi connectivity index (χ4v) is 5.97. The highest BCUT2D eigenvalue weighted by Crippen LogP contribution is 2.50. The number of pyridine rings is 1. The Morgan fingerprint density at radius 2 is 2.06 bits per heavy atom. The van der Waals surface area contributed by atoms with Crippen LogP contribution in [0.15, 0.2) is 23.0 Å². The molecule has 5 rings (SSSR count). The molecule has 3 heterocycles. The Kier molecular flexibility index (Phi) is 6.14. The van der Waals surface area contributed by atoms with E-state index in [4.69, 9.17) is 4.74 Å². The average molecular weight is 456 g/mol. The van der Waals surface area contributed by atoms with E-state index in [1.54, 1.807) is 11.7 Å². The lowest BCUT2D eigenvalue weighted by molar-refractivity contribution is -0.138. The van der Waals surface area contributed by atoms with Crippen molar-refractivity contribution in [3.63, 3.8) is 0 Å². The summed E-state index contributed by atoms with van der Waals surface area (Å²) in [4.78, 5) is 42.0. The monoisotopic (exact) mass is 455 g/mol. The van der Waals surface area contributed by atoms with Gasteiger partial charge in [0.05, 0.1) is 24.6 Å². The van der Waals surface area contributed by atoms with Gasteiger partial charge in [0.15, 0.2) is 0 Å². The van der Waals surface area contributed by atoms with Crippen LogP contribution in [0.5, 0.6) is 0 Å². The topological polar surface area (TPSA) is 101 Å². The van der Waals surface area contributed by atoms with Gasteiger partial charge in [0, 0.05) is 49.9 Å². The van der Waals surface area contributed by atoms with Crippen molar-refractivity contribution in [2.45, 2.75) is 57.2 Å². The molecule has 1 aromatic rings. The first-order valence-electron chi connectivity index (χ1n) is 12.2. The van der Waals surface area contributed by atoms with Crippen LogP contribution in [0.3, 0.4) is 0 Å². The number of aromatic nitrogens is 1. The van der Waals surface area contributed by atoms with Crippen LogP contribution in [-0.2, 0) is 20.9 Å². The molecule has 1 saturated carbocycles. The number of allylic oxidation sites excluding steroid dienone is 2. The summed E-state index contributed by atoms with van der Waals surface area (Å²) in [6.07, 6.45) is 8.01. The quantitative estimate of drug-likeness (QED) is 0.607. The number of nitrogens with zero attached hydrogens (tertiary/aromatic N) is 2. The van der Waals surface area contributed by atoms with Gasteiger partial charge < -0.3 is 24.6 Å². The van der Waals surface area contributed by atoms with Gasteiger partial charge in [-0.1, -0.05) is 6.08 Å². The predicted molar refractivity (Wildman–Crippen MR) is 122 cm³/mol. The number of fused-ring (bicyclic) bond motifs is 4. The first-order chi connectivity index (χ1) is 16.1. The van der Waals surface area contributed by atoms with Gasteiger partial charge in [0.2, 0.25) is 11.8 Å². The molecule has 2 fully saturated rings. The van der Waals surface area contributed by atoms with E-state index in [2.05, 4.69) is 11.4 Å². The second-order valence-corrected chi connectivity index (χ2v) is 9.75. The second-order valence-electron chi connectivity index (χ2n) is 9.75. The zero-order valence-electron chi connectivity index (χ0n) is 19.2. The molecule has 2 bridgehead atoms. The summed E-state index contributed by atoms with van der Waals surface area (Å²) in [5.41, 5.74) is 2.47. The molecular weight excluding hydrogens is 422 g/mol. The van der Waals surface area contributed by atoms with Crippen molar-refractivity contribution in [2.24, 2.45) is 17.8 Å². The molecule has 0 spiro atoms. The zero-order valence-corrected chi connectivity index (χ0v) is 19.2. The molecule has 8 nitrogen and oxygen atoms in total. The third kappa shape index (κ3) is 3.83. The lowest BCUT2D eigenvalue weighted by atomic mass is 9.86. The zero-order chi connectivity index (χ0) is 23.1. The number of aliphatic hydroxyl groups excluding tert-OH is 1. The van der Waals surface area contributed by atoms with Gasteiger partial charge in [-0.25, -0.2) is 0 Å². The molecule has 2 aliphatic heterocycles. The molecule has 2 N–H and O–H groups in total. The molecule has 33 heavy (non-hydrogen) atoms. The second kappa shape index (κ2) is 9.06. The number of aliphatic hydroxyl groups is 1. The van der Waals surface area contributed by atoms with E-state index in [-0.39, 0.29) is 35.9 Å². The Labute approximate surface area is 193 Å². The highest BCUT2D eigenvalue weighted by molar-refractivity contribution is 5.86. The van der Waals surface area contributed by atoms with Gasteiger partial charge in [-0.2, -0.15) is 0 Å². The molecule has 4 atom stereocenters. The van der Waals surface area contributed by atoms with Crippen molar-refractivity contribution in [2.75, 3.05) is 26.9 Å². The average Bonchev–Trinajstić information content (AvgIpc) is 3.64. The highest BCUT2D eigenvalue weighted by atomic mass is 16.5. The summed E-state index contributed by atoms with van der Waals surface area (Å²) in [6, 6.07) is 2.89. The summed E-state index contributed by atoms with van der Waals surface area (Å²) in [7, 11) is 1.57. The van der Waals surface area contributed by atoms with Crippen LogP contribution in [0.25, 0.3) is 5.57 Å². The van der Waals surface area contributed by atoms with Crippen LogP contribution < -0.4 is 10.9 Å². The summed E-state index contributed by atoms with van der Waals surface area (Å²) < 4.78 is 6.82. The number of carbonyl (C=O) groups is 2. The SMILES string of the molecule is COCCNC(=O)[C@@H]1[C@@H](CO)[C@@H]2Cn3c(ccc(C4=CCCCC4)c3=O)[C@H]1N2C(=O)C1CC1. The number of amides is 2. The molecule has 1 saturated heterocycles. The van der Waals surface area contributed by atoms with Gasteiger partial charge in [-0.05, 0) is 56.2 Å². The van der Waals surface area contributed by atoms with Crippen LogP contribution in [-0.4, -0.2) is 59.3 Å². The van der Waals surface area contributed by atoms with Crippen molar-refractivity contribution in [1.82, 2.24) is 14.8 Å². The molecule has 8 heteroatoms. The van der Waals surface area contributed by atoms with Crippen molar-refractivity contribution >= 4 is 17.4 Å². The lowest BCUT2D eigenvalue weighted by Crippen LogP contribution is -2.50. The van der Waals surface area contributed by atoms with E-state index < -0.39 is 17.9 Å². The summed E-state index contributed by atoms with van der Waals surface area (Å²) in [6.45, 7) is 0.851. The molecule has 4 aliphatic rings. The third-order valence-corrected chi connectivity index (χ3v) is 7.77. The molecular formula is C25H33N3O5. The van der Waals surface area contributed by atoms with Crippen LogP contribution in [0.4, 0.5) is 0 Å². The lowest BCUT2D eigenvalue weighted by Gasteiger charge is -2.38. The molecule has 0 radical (unpaired) electrons. The number of ether oxygens (including phenoxy) is 1. The predicted octanol–water partition coefficient (Wildman–Crippen LogP) is 1.47. The Morgan fingerprint density at radius 1 is 1.24 bits per heavy atom. The van der Waals surface area contributed by atoms with E-state index in [1.165, 1.54) is 0 Å². The van der Waals surface area contributed by atoms with Gasteiger partial charge in [0.25, 0.3) is 5.56 Å². The van der Waals surface area contributed by atoms with Crippen LogP contribution in [0.1, 0.15) is 55.8 Å². The van der Waals surface area contributed by atoms with Crippen molar-refractivity contribution in [1.29, 1.82) is 0 Å². The van der Waals surface area contributed by atoms with E-state index in [1.807, 2.05) is 17.0 Å². The minimum Gasteiger partial charge on any atom is -0.396 e. The standard InChI is InChI=1S/C25H33N3O5/c1-33-12-11-26-23(30)21-18(14-29)20-13-27-19(22(21)28(20)24(31)16-7-8-16)10-9-17(25(27)32)15-5-3-2-4-6-15/h5,9-10,16,18,20-22,29H,2-4,6-8,11-14H2,1H3,(H,26,30)/t18-,20-,21+,22+/m0/s1. The summed E-state index contributed by atoms with van der Waals surface area (Å²) in [5.74, 6) is -1.18. The van der Waals surface area contributed by atoms with E-state index in [0.29, 0.717) is 25.4 Å². The number of hydrogen-bond acceptors (Lipinski definition) is 5. The number of nitrogens with one attached hydrogen (secondary N) is 1. The molecule has 1 aromatic heterocycles. The highest BCUT2D eigenvalue weighted by Gasteiger charge is 2.58. The Morgan fingerprint density at radius 3 is 2.73 bits per heavy atom. The number of hydrogen-bond donors (Lipinski definition) is 2. The number of rotatable bonds is 7. The molecule has 2 aliphatic carbocycles. The Hall–Kier alpha value is -2.45. The van der Waals surface area contributed by atoms with E-state index in [0.717, 1.165) is 49.7 Å². The largest absolute Gasteiger partial charge is 0.396 e. The van der Waals surface area contributed by atoms with Crippen LogP contribution >= 0.6 is 0 Å². The third-order valence-electron chi connectivity index (χ3n) is 7.77. The maximum absolute atomic E-state index is 13.6. The normalized spacial score (nSPS) is 28.3. The smallest absolute Gasteiger partial charge is 0.258 e. The molecule has 2 amide bonds. The maximum atomic E-state index is 13.6. The van der Waals surface area contributed by atoms with Crippen LogP contribution in [0.2, 0.25) is 0 Å². The number of carbonyl (C=O) groups excluding carboxylic acids is 2. The van der Waals surface area contributed by atoms with Crippen LogP contribution in [0, 0.1) is 17.8 Å². The molecule has 0 unspecified atom stereocenters. The Balaban J connectivity index is 1.57. The van der Waals surface area contributed by atoms with E-state index in [9.17, 15) is 19.5 Å². The fourth-order valence-electron chi connectivity index (χ4n) is 5.97. The number of methoxy groups -OCH3 is 1. The van der Waals surface area contributed by atoms with E-state index >= 15 is 0 Å². The first kappa shape index (κ1) is 22.3. The van der Waals surface area contributed by atoms with Gasteiger partial charge in [-0.3, -0.25) is 14.4 Å². The minimum atomic E-state index is -0.604. The van der Waals surface area contributed by atoms with Gasteiger partial charge in [-0.15, -0.1) is 0 Å². The van der Waals surface area contributed by atoms with Gasteiger partial charge in [0.1, 0.15) is 0 Å². The van der Waals surface area contributed by atoms with Crippen molar-refractivity contribution < 1.29 is 19.4 Å². The molecule has 0 aromatic carbocycles. The van der Waals surface area contributed by atoms with Crippen molar-refractivity contribution in [3.8, 4) is 0 Å². The van der Waals surface area contributed by atoms with Crippen molar-refractivity contribution in [3.05, 3.63) is 39.8 Å². The van der Waals surface area contributed by atoms with Gasteiger partial charge >= 0.3 is 0 Å². The fraction of sp³-hybridized carbons (Fsp3) is 0.640. The summed E-state index contributed by atoms with van der Waals surface area (Å²) >= 11 is 0. The maximum Gasteiger partial charge on any atom is 0.258 e.